The molecule has 1 aromatic heterocycles. The Labute approximate surface area is 105 Å². The average Bonchev–Trinajstić information content (AvgIpc) is 2.79. The minimum absolute atomic E-state index is 0.00727. The lowest BCUT2D eigenvalue weighted by Crippen LogP contribution is -2.29. The van der Waals surface area contributed by atoms with Gasteiger partial charge in [-0.1, -0.05) is 6.07 Å². The van der Waals surface area contributed by atoms with E-state index in [1.165, 1.54) is 0 Å². The van der Waals surface area contributed by atoms with Crippen LogP contribution in [0, 0.1) is 0 Å². The Hall–Kier alpha value is -1.36. The van der Waals surface area contributed by atoms with Gasteiger partial charge in [0.1, 0.15) is 0 Å². The Kier molecular flexibility index (Phi) is 5.15. The van der Waals surface area contributed by atoms with Gasteiger partial charge in [0.2, 0.25) is 5.91 Å². The van der Waals surface area contributed by atoms with E-state index in [0.29, 0.717) is 12.8 Å². The second-order valence-corrected chi connectivity index (χ2v) is 4.92. The van der Waals surface area contributed by atoms with Gasteiger partial charge in [0.15, 0.2) is 0 Å². The summed E-state index contributed by atoms with van der Waals surface area (Å²) in [7, 11) is 1.76. The lowest BCUT2D eigenvalue weighted by Gasteiger charge is -2.24. The number of carboxylic acids is 1. The summed E-state index contributed by atoms with van der Waals surface area (Å²) >= 11 is 1.62. The Morgan fingerprint density at radius 2 is 2.18 bits per heavy atom. The van der Waals surface area contributed by atoms with Gasteiger partial charge in [0.05, 0.1) is 6.04 Å². The van der Waals surface area contributed by atoms with Crippen molar-refractivity contribution >= 4 is 23.2 Å². The van der Waals surface area contributed by atoms with Crippen LogP contribution in [0.1, 0.15) is 37.1 Å². The van der Waals surface area contributed by atoms with Crippen molar-refractivity contribution in [2.75, 3.05) is 7.05 Å². The van der Waals surface area contributed by atoms with Crippen molar-refractivity contribution in [3.05, 3.63) is 22.4 Å². The molecule has 0 radical (unpaired) electrons. The van der Waals surface area contributed by atoms with E-state index in [-0.39, 0.29) is 18.4 Å². The Morgan fingerprint density at radius 3 is 2.71 bits per heavy atom. The highest BCUT2D eigenvalue weighted by molar-refractivity contribution is 7.10. The largest absolute Gasteiger partial charge is 0.481 e. The van der Waals surface area contributed by atoms with Gasteiger partial charge >= 0.3 is 5.97 Å². The van der Waals surface area contributed by atoms with Crippen LogP contribution in [0.15, 0.2) is 17.5 Å². The molecule has 94 valence electrons. The van der Waals surface area contributed by atoms with Gasteiger partial charge in [0, 0.05) is 24.8 Å². The Morgan fingerprint density at radius 1 is 1.47 bits per heavy atom. The molecule has 0 aromatic carbocycles. The lowest BCUT2D eigenvalue weighted by atomic mass is 10.2. The third kappa shape index (κ3) is 4.19. The molecule has 0 spiro atoms. The summed E-state index contributed by atoms with van der Waals surface area (Å²) in [5.41, 5.74) is 0. The van der Waals surface area contributed by atoms with E-state index in [9.17, 15) is 9.59 Å². The zero-order valence-corrected chi connectivity index (χ0v) is 10.9. The molecule has 1 aromatic rings. The molecule has 1 heterocycles. The molecule has 5 heteroatoms. The lowest BCUT2D eigenvalue weighted by molar-refractivity contribution is -0.137. The van der Waals surface area contributed by atoms with Gasteiger partial charge < -0.3 is 10.0 Å². The molecular weight excluding hydrogens is 238 g/mol. The van der Waals surface area contributed by atoms with Crippen LogP contribution in [-0.4, -0.2) is 28.9 Å². The van der Waals surface area contributed by atoms with Crippen molar-refractivity contribution in [3.8, 4) is 0 Å². The summed E-state index contributed by atoms with van der Waals surface area (Å²) < 4.78 is 0. The Balaban J connectivity index is 2.43. The number of carboxylic acid groups (broad SMARTS) is 1. The predicted molar refractivity (Wildman–Crippen MR) is 67.0 cm³/mol. The first kappa shape index (κ1) is 13.7. The minimum atomic E-state index is -0.855. The fourth-order valence-corrected chi connectivity index (χ4v) is 2.33. The van der Waals surface area contributed by atoms with Crippen LogP contribution in [0.5, 0.6) is 0 Å². The van der Waals surface area contributed by atoms with Crippen LogP contribution < -0.4 is 0 Å². The van der Waals surface area contributed by atoms with E-state index < -0.39 is 5.97 Å². The molecule has 17 heavy (non-hydrogen) atoms. The molecule has 1 N–H and O–H groups in total. The number of aliphatic carboxylic acids is 1. The van der Waals surface area contributed by atoms with Crippen LogP contribution in [0.25, 0.3) is 0 Å². The SMILES string of the molecule is CC(c1cccs1)N(C)C(=O)CCCC(=O)O. The number of hydrogen-bond acceptors (Lipinski definition) is 3. The van der Waals surface area contributed by atoms with E-state index in [1.807, 2.05) is 24.4 Å². The molecule has 0 bridgehead atoms. The summed E-state index contributed by atoms with van der Waals surface area (Å²) in [6.07, 6.45) is 0.737. The minimum Gasteiger partial charge on any atom is -0.481 e. The number of rotatable bonds is 6. The number of amides is 1. The smallest absolute Gasteiger partial charge is 0.303 e. The molecular formula is C12H17NO3S. The van der Waals surface area contributed by atoms with E-state index in [2.05, 4.69) is 0 Å². The molecule has 1 unspecified atom stereocenters. The monoisotopic (exact) mass is 255 g/mol. The molecule has 4 nitrogen and oxygen atoms in total. The van der Waals surface area contributed by atoms with Crippen LogP contribution in [-0.2, 0) is 9.59 Å². The first-order valence-corrected chi connectivity index (χ1v) is 6.41. The summed E-state index contributed by atoms with van der Waals surface area (Å²) in [4.78, 5) is 25.0. The van der Waals surface area contributed by atoms with Crippen LogP contribution in [0.4, 0.5) is 0 Å². The quantitative estimate of drug-likeness (QED) is 0.849. The molecule has 0 fully saturated rings. The molecule has 0 aliphatic carbocycles. The van der Waals surface area contributed by atoms with Crippen LogP contribution >= 0.6 is 11.3 Å². The van der Waals surface area contributed by atoms with Gasteiger partial charge in [-0.3, -0.25) is 9.59 Å². The fraction of sp³-hybridized carbons (Fsp3) is 0.500. The molecule has 0 saturated carbocycles. The maximum atomic E-state index is 11.8. The third-order valence-corrected chi connectivity index (χ3v) is 3.75. The van der Waals surface area contributed by atoms with Gasteiger partial charge in [-0.25, -0.2) is 0 Å². The molecule has 0 saturated heterocycles. The van der Waals surface area contributed by atoms with Crippen molar-refractivity contribution in [3.63, 3.8) is 0 Å². The second-order valence-electron chi connectivity index (χ2n) is 3.94. The topological polar surface area (TPSA) is 57.6 Å². The van der Waals surface area contributed by atoms with Crippen molar-refractivity contribution in [1.29, 1.82) is 0 Å². The molecule has 1 atom stereocenters. The zero-order chi connectivity index (χ0) is 12.8. The van der Waals surface area contributed by atoms with Crippen molar-refractivity contribution in [2.45, 2.75) is 32.2 Å². The van der Waals surface area contributed by atoms with Crippen molar-refractivity contribution in [2.24, 2.45) is 0 Å². The average molecular weight is 255 g/mol. The van der Waals surface area contributed by atoms with Crippen LogP contribution in [0.2, 0.25) is 0 Å². The van der Waals surface area contributed by atoms with E-state index in [4.69, 9.17) is 5.11 Å². The van der Waals surface area contributed by atoms with E-state index in [0.717, 1.165) is 4.88 Å². The third-order valence-electron chi connectivity index (χ3n) is 2.71. The predicted octanol–water partition coefficient (Wildman–Crippen LogP) is 2.52. The summed E-state index contributed by atoms with van der Waals surface area (Å²) in [6.45, 7) is 1.97. The summed E-state index contributed by atoms with van der Waals surface area (Å²) in [6, 6.07) is 4.00. The maximum absolute atomic E-state index is 11.8. The fourth-order valence-electron chi connectivity index (χ4n) is 1.50. The first-order valence-electron chi connectivity index (χ1n) is 5.53. The van der Waals surface area contributed by atoms with Gasteiger partial charge in [-0.2, -0.15) is 0 Å². The molecule has 1 rings (SSSR count). The Bertz CT molecular complexity index is 375. The normalized spacial score (nSPS) is 12.1. The number of nitrogens with zero attached hydrogens (tertiary/aromatic N) is 1. The van der Waals surface area contributed by atoms with E-state index >= 15 is 0 Å². The highest BCUT2D eigenvalue weighted by atomic mass is 32.1. The standard InChI is InChI=1S/C12H17NO3S/c1-9(10-5-4-8-17-10)13(2)11(14)6-3-7-12(15)16/h4-5,8-9H,3,6-7H2,1-2H3,(H,15,16). The highest BCUT2D eigenvalue weighted by Gasteiger charge is 2.17. The molecule has 0 aliphatic heterocycles. The van der Waals surface area contributed by atoms with Gasteiger partial charge in [-0.15, -0.1) is 11.3 Å². The second kappa shape index (κ2) is 6.39. The van der Waals surface area contributed by atoms with E-state index in [1.54, 1.807) is 23.3 Å². The maximum Gasteiger partial charge on any atom is 0.303 e. The van der Waals surface area contributed by atoms with Gasteiger partial charge in [-0.05, 0) is 24.8 Å². The van der Waals surface area contributed by atoms with Crippen molar-refractivity contribution < 1.29 is 14.7 Å². The van der Waals surface area contributed by atoms with Crippen molar-refractivity contribution in [1.82, 2.24) is 4.90 Å². The number of carbonyl (C=O) groups excluding carboxylic acids is 1. The highest BCUT2D eigenvalue weighted by Crippen LogP contribution is 2.23. The zero-order valence-electron chi connectivity index (χ0n) is 10.0. The van der Waals surface area contributed by atoms with Gasteiger partial charge in [0.25, 0.3) is 0 Å². The first-order chi connectivity index (χ1) is 8.02. The number of hydrogen-bond donors (Lipinski definition) is 1. The molecule has 1 amide bonds. The summed E-state index contributed by atoms with van der Waals surface area (Å²) in [5.74, 6) is -0.862. The number of carbonyl (C=O) groups is 2. The number of thiophene rings is 1. The van der Waals surface area contributed by atoms with Crippen LogP contribution in [0.3, 0.4) is 0 Å². The molecule has 0 aliphatic rings. The summed E-state index contributed by atoms with van der Waals surface area (Å²) in [5, 5.41) is 10.5.